The second kappa shape index (κ2) is 4.27. The summed E-state index contributed by atoms with van der Waals surface area (Å²) in [5, 5.41) is 0. The monoisotopic (exact) mass is 222 g/mol. The first-order valence-corrected chi connectivity index (χ1v) is 4.57. The minimum atomic E-state index is 1.04. The van der Waals surface area contributed by atoms with E-state index >= 15 is 0 Å². The molecule has 1 rings (SSSR count). The van der Waals surface area contributed by atoms with Gasteiger partial charge in [-0.05, 0) is 24.1 Å². The topological polar surface area (TPSA) is 0 Å². The van der Waals surface area contributed by atoms with E-state index in [0.717, 1.165) is 10.1 Å². The smallest absolute Gasteiger partial charge is 0.0204 e. The van der Waals surface area contributed by atoms with Crippen LogP contribution in [-0.2, 0) is 0 Å². The summed E-state index contributed by atoms with van der Waals surface area (Å²) < 4.78 is 1.05. The van der Waals surface area contributed by atoms with E-state index in [1.165, 1.54) is 5.56 Å². The maximum Gasteiger partial charge on any atom is 0.0204 e. The van der Waals surface area contributed by atoms with Crippen molar-refractivity contribution in [1.82, 2.24) is 0 Å². The van der Waals surface area contributed by atoms with Crippen LogP contribution in [0.2, 0.25) is 0 Å². The van der Waals surface area contributed by atoms with Crippen LogP contribution in [0.1, 0.15) is 12.5 Å². The van der Waals surface area contributed by atoms with Crippen molar-refractivity contribution in [2.75, 3.05) is 0 Å². The Labute approximate surface area is 81.7 Å². The Bertz CT molecular complexity index is 296. The fraction of sp³-hybridized carbons (Fsp3) is 0.0909. The van der Waals surface area contributed by atoms with E-state index in [-0.39, 0.29) is 0 Å². The van der Waals surface area contributed by atoms with Crippen molar-refractivity contribution in [3.63, 3.8) is 0 Å². The van der Waals surface area contributed by atoms with Gasteiger partial charge in [0, 0.05) is 4.48 Å². The molecule has 0 aromatic heterocycles. The molecular weight excluding hydrogens is 212 g/mol. The normalized spacial score (nSPS) is 11.3. The largest absolute Gasteiger partial charge is 0.0950 e. The first kappa shape index (κ1) is 9.27. The summed E-state index contributed by atoms with van der Waals surface area (Å²) in [5.41, 5.74) is 2.23. The molecule has 0 unspecified atom stereocenters. The lowest BCUT2D eigenvalue weighted by Crippen LogP contribution is -1.73. The van der Waals surface area contributed by atoms with Crippen molar-refractivity contribution in [2.45, 2.75) is 6.92 Å². The first-order valence-electron chi connectivity index (χ1n) is 3.78. The lowest BCUT2D eigenvalue weighted by atomic mass is 10.2. The van der Waals surface area contributed by atoms with Gasteiger partial charge in [-0.2, -0.15) is 0 Å². The number of hydrogen-bond acceptors (Lipinski definition) is 0. The van der Waals surface area contributed by atoms with Crippen molar-refractivity contribution >= 4 is 22.0 Å². The fourth-order valence-electron chi connectivity index (χ4n) is 0.819. The molecule has 0 spiro atoms. The molecule has 62 valence electrons. The molecule has 0 aliphatic heterocycles. The van der Waals surface area contributed by atoms with Crippen LogP contribution >= 0.6 is 15.9 Å². The molecule has 0 N–H and O–H groups in total. The lowest BCUT2D eigenvalue weighted by Gasteiger charge is -1.96. The van der Waals surface area contributed by atoms with Crippen molar-refractivity contribution in [1.29, 1.82) is 0 Å². The van der Waals surface area contributed by atoms with E-state index < -0.39 is 0 Å². The van der Waals surface area contributed by atoms with Gasteiger partial charge in [0.2, 0.25) is 0 Å². The molecule has 0 saturated carbocycles. The van der Waals surface area contributed by atoms with Crippen LogP contribution in [0.4, 0.5) is 0 Å². The van der Waals surface area contributed by atoms with Gasteiger partial charge in [-0.25, -0.2) is 0 Å². The molecule has 0 saturated heterocycles. The summed E-state index contributed by atoms with van der Waals surface area (Å²) in [6.07, 6.45) is 2.06. The number of rotatable bonds is 2. The highest BCUT2D eigenvalue weighted by Gasteiger charge is 1.91. The molecule has 0 aliphatic rings. The summed E-state index contributed by atoms with van der Waals surface area (Å²) in [4.78, 5) is 0. The zero-order valence-electron chi connectivity index (χ0n) is 7.05. The Morgan fingerprint density at radius 2 is 1.92 bits per heavy atom. The van der Waals surface area contributed by atoms with E-state index in [0.29, 0.717) is 0 Å². The predicted octanol–water partition coefficient (Wildman–Crippen LogP) is 4.00. The Kier molecular flexibility index (Phi) is 3.30. The predicted molar refractivity (Wildman–Crippen MR) is 58.2 cm³/mol. The average Bonchev–Trinajstić information content (AvgIpc) is 2.06. The number of halogens is 1. The van der Waals surface area contributed by atoms with E-state index in [9.17, 15) is 0 Å². The average molecular weight is 223 g/mol. The van der Waals surface area contributed by atoms with Crippen molar-refractivity contribution in [3.05, 3.63) is 52.5 Å². The maximum atomic E-state index is 3.84. The highest BCUT2D eigenvalue weighted by Crippen LogP contribution is 2.18. The minimum Gasteiger partial charge on any atom is -0.0950 e. The third kappa shape index (κ3) is 2.67. The molecule has 1 aromatic rings. The quantitative estimate of drug-likeness (QED) is 0.664. The van der Waals surface area contributed by atoms with Crippen LogP contribution in [0.15, 0.2) is 47.0 Å². The molecule has 0 radical (unpaired) electrons. The van der Waals surface area contributed by atoms with Gasteiger partial charge < -0.3 is 0 Å². The molecule has 0 fully saturated rings. The SMILES string of the molecule is C=C(C)/C(Br)=C\c1ccccc1. The van der Waals surface area contributed by atoms with Gasteiger partial charge in [0.05, 0.1) is 0 Å². The molecule has 0 nitrogen and oxygen atoms in total. The molecule has 1 heteroatoms. The van der Waals surface area contributed by atoms with E-state index in [1.807, 2.05) is 25.1 Å². The first-order chi connectivity index (χ1) is 5.70. The van der Waals surface area contributed by atoms with Gasteiger partial charge in [0.15, 0.2) is 0 Å². The molecule has 0 bridgehead atoms. The van der Waals surface area contributed by atoms with E-state index in [4.69, 9.17) is 0 Å². The van der Waals surface area contributed by atoms with Crippen molar-refractivity contribution in [3.8, 4) is 0 Å². The third-order valence-electron chi connectivity index (χ3n) is 1.50. The molecule has 0 atom stereocenters. The van der Waals surface area contributed by atoms with Gasteiger partial charge in [-0.1, -0.05) is 52.8 Å². The molecule has 1 aromatic carbocycles. The Morgan fingerprint density at radius 1 is 1.33 bits per heavy atom. The zero-order chi connectivity index (χ0) is 8.97. The third-order valence-corrected chi connectivity index (χ3v) is 2.41. The van der Waals surface area contributed by atoms with Crippen molar-refractivity contribution in [2.24, 2.45) is 0 Å². The van der Waals surface area contributed by atoms with Crippen LogP contribution < -0.4 is 0 Å². The molecule has 0 aliphatic carbocycles. The summed E-state index contributed by atoms with van der Waals surface area (Å²) in [7, 11) is 0. The number of hydrogen-bond donors (Lipinski definition) is 0. The van der Waals surface area contributed by atoms with Gasteiger partial charge in [-0.15, -0.1) is 0 Å². The second-order valence-corrected chi connectivity index (χ2v) is 3.54. The highest BCUT2D eigenvalue weighted by molar-refractivity contribution is 9.12. The van der Waals surface area contributed by atoms with Crippen LogP contribution in [0.5, 0.6) is 0 Å². The molecule has 0 heterocycles. The highest BCUT2D eigenvalue weighted by atomic mass is 79.9. The lowest BCUT2D eigenvalue weighted by molar-refractivity contribution is 1.55. The summed E-state index contributed by atoms with van der Waals surface area (Å²) in [5.74, 6) is 0. The van der Waals surface area contributed by atoms with E-state index in [1.54, 1.807) is 0 Å². The summed E-state index contributed by atoms with van der Waals surface area (Å²) in [6, 6.07) is 10.2. The van der Waals surface area contributed by atoms with Crippen LogP contribution in [0.25, 0.3) is 6.08 Å². The summed E-state index contributed by atoms with van der Waals surface area (Å²) in [6.45, 7) is 5.81. The molecule has 0 amide bonds. The maximum absolute atomic E-state index is 3.84. The van der Waals surface area contributed by atoms with Crippen LogP contribution in [0.3, 0.4) is 0 Å². The zero-order valence-corrected chi connectivity index (χ0v) is 8.64. The fourth-order valence-corrected chi connectivity index (χ4v) is 1.08. The number of benzene rings is 1. The number of allylic oxidation sites excluding steroid dienone is 2. The van der Waals surface area contributed by atoms with E-state index in [2.05, 4.69) is 40.7 Å². The van der Waals surface area contributed by atoms with Gasteiger partial charge in [0.25, 0.3) is 0 Å². The van der Waals surface area contributed by atoms with Gasteiger partial charge >= 0.3 is 0 Å². The van der Waals surface area contributed by atoms with Crippen molar-refractivity contribution < 1.29 is 0 Å². The van der Waals surface area contributed by atoms with Crippen LogP contribution in [0, 0.1) is 0 Å². The Balaban J connectivity index is 2.89. The van der Waals surface area contributed by atoms with Gasteiger partial charge in [0.1, 0.15) is 0 Å². The molecule has 12 heavy (non-hydrogen) atoms. The Morgan fingerprint density at radius 3 is 2.42 bits per heavy atom. The minimum absolute atomic E-state index is 1.04. The Hall–Kier alpha value is -0.820. The van der Waals surface area contributed by atoms with Crippen LogP contribution in [-0.4, -0.2) is 0 Å². The summed E-state index contributed by atoms with van der Waals surface area (Å²) >= 11 is 3.44. The molecular formula is C11H11Br. The second-order valence-electron chi connectivity index (χ2n) is 2.68. The van der Waals surface area contributed by atoms with Gasteiger partial charge in [-0.3, -0.25) is 0 Å². The standard InChI is InChI=1S/C11H11Br/c1-9(2)11(12)8-10-6-4-3-5-7-10/h3-8H,1H2,2H3/b11-8+.